The standard InChI is InChI=1S/C10H15N3O/c1-12-7-4-8(9(12)11)10(14)13-5-2-3-6-13/h4,7H,2-3,5-6,11H2,1H3. The molecular formula is C10H15N3O. The van der Waals surface area contributed by atoms with Gasteiger partial charge in [-0.15, -0.1) is 0 Å². The zero-order valence-corrected chi connectivity index (χ0v) is 8.36. The molecule has 2 rings (SSSR count). The number of nitrogens with zero attached hydrogens (tertiary/aromatic N) is 2. The maximum absolute atomic E-state index is 11.9. The molecule has 1 fully saturated rings. The third kappa shape index (κ3) is 1.36. The molecule has 0 bridgehead atoms. The molecule has 1 amide bonds. The van der Waals surface area contributed by atoms with Crippen LogP contribution >= 0.6 is 0 Å². The smallest absolute Gasteiger partial charge is 0.257 e. The lowest BCUT2D eigenvalue weighted by Gasteiger charge is -2.14. The minimum Gasteiger partial charge on any atom is -0.384 e. The summed E-state index contributed by atoms with van der Waals surface area (Å²) in [5.74, 6) is 0.627. The molecule has 0 radical (unpaired) electrons. The van der Waals surface area contributed by atoms with Crippen molar-refractivity contribution in [1.29, 1.82) is 0 Å². The number of likely N-dealkylation sites (tertiary alicyclic amines) is 1. The molecule has 0 atom stereocenters. The molecule has 1 saturated heterocycles. The predicted molar refractivity (Wildman–Crippen MR) is 55.0 cm³/mol. The van der Waals surface area contributed by atoms with E-state index in [1.807, 2.05) is 18.1 Å². The van der Waals surface area contributed by atoms with E-state index in [4.69, 9.17) is 5.73 Å². The van der Waals surface area contributed by atoms with E-state index in [0.717, 1.165) is 25.9 Å². The Bertz CT molecular complexity index is 350. The van der Waals surface area contributed by atoms with Crippen LogP contribution in [0.5, 0.6) is 0 Å². The van der Waals surface area contributed by atoms with Gasteiger partial charge in [0.25, 0.3) is 5.91 Å². The Morgan fingerprint density at radius 2 is 2.07 bits per heavy atom. The van der Waals surface area contributed by atoms with Crippen molar-refractivity contribution in [2.24, 2.45) is 7.05 Å². The lowest BCUT2D eigenvalue weighted by molar-refractivity contribution is 0.0794. The van der Waals surface area contributed by atoms with Gasteiger partial charge >= 0.3 is 0 Å². The molecule has 0 saturated carbocycles. The number of aryl methyl sites for hydroxylation is 1. The topological polar surface area (TPSA) is 51.3 Å². The van der Waals surface area contributed by atoms with Gasteiger partial charge in [-0.05, 0) is 18.9 Å². The number of nitrogens with two attached hydrogens (primary N) is 1. The minimum absolute atomic E-state index is 0.0700. The van der Waals surface area contributed by atoms with Gasteiger partial charge < -0.3 is 15.2 Å². The van der Waals surface area contributed by atoms with Crippen LogP contribution in [0.4, 0.5) is 5.82 Å². The van der Waals surface area contributed by atoms with Crippen LogP contribution in [0, 0.1) is 0 Å². The fourth-order valence-corrected chi connectivity index (χ4v) is 1.81. The molecule has 4 nitrogen and oxygen atoms in total. The first-order valence-corrected chi connectivity index (χ1v) is 4.90. The van der Waals surface area contributed by atoms with Crippen LogP contribution in [-0.4, -0.2) is 28.5 Å². The van der Waals surface area contributed by atoms with Crippen LogP contribution in [0.1, 0.15) is 23.2 Å². The second kappa shape index (κ2) is 3.36. The van der Waals surface area contributed by atoms with Crippen LogP contribution < -0.4 is 5.73 Å². The van der Waals surface area contributed by atoms with Gasteiger partial charge in [-0.2, -0.15) is 0 Å². The lowest BCUT2D eigenvalue weighted by atomic mass is 10.3. The number of nitrogen functional groups attached to an aromatic ring is 1. The van der Waals surface area contributed by atoms with E-state index in [2.05, 4.69) is 0 Å². The van der Waals surface area contributed by atoms with Crippen molar-refractivity contribution in [2.45, 2.75) is 12.8 Å². The van der Waals surface area contributed by atoms with E-state index < -0.39 is 0 Å². The number of aromatic nitrogens is 1. The van der Waals surface area contributed by atoms with E-state index in [9.17, 15) is 4.79 Å². The Morgan fingerprint density at radius 3 is 2.57 bits per heavy atom. The van der Waals surface area contributed by atoms with Gasteiger partial charge in [0.2, 0.25) is 0 Å². The molecule has 2 heterocycles. The summed E-state index contributed by atoms with van der Waals surface area (Å²) >= 11 is 0. The van der Waals surface area contributed by atoms with Crippen molar-refractivity contribution in [3.63, 3.8) is 0 Å². The number of rotatable bonds is 1. The third-order valence-electron chi connectivity index (χ3n) is 2.74. The molecule has 1 aliphatic rings. The highest BCUT2D eigenvalue weighted by molar-refractivity contribution is 5.98. The Labute approximate surface area is 83.3 Å². The van der Waals surface area contributed by atoms with Gasteiger partial charge in [0.05, 0.1) is 5.56 Å². The van der Waals surface area contributed by atoms with Gasteiger partial charge in [-0.1, -0.05) is 0 Å². The molecular weight excluding hydrogens is 178 g/mol. The van der Waals surface area contributed by atoms with Crippen molar-refractivity contribution in [3.8, 4) is 0 Å². The summed E-state index contributed by atoms with van der Waals surface area (Å²) in [6, 6.07) is 1.79. The molecule has 2 N–H and O–H groups in total. The Morgan fingerprint density at radius 1 is 1.43 bits per heavy atom. The fraction of sp³-hybridized carbons (Fsp3) is 0.500. The second-order valence-electron chi connectivity index (χ2n) is 3.72. The number of carbonyl (C=O) groups is 1. The highest BCUT2D eigenvalue weighted by atomic mass is 16.2. The quantitative estimate of drug-likeness (QED) is 0.718. The van der Waals surface area contributed by atoms with E-state index in [1.54, 1.807) is 10.6 Å². The summed E-state index contributed by atoms with van der Waals surface area (Å²) in [5.41, 5.74) is 6.42. The highest BCUT2D eigenvalue weighted by Crippen LogP contribution is 2.17. The maximum Gasteiger partial charge on any atom is 0.257 e. The van der Waals surface area contributed by atoms with Gasteiger partial charge in [-0.25, -0.2) is 0 Å². The lowest BCUT2D eigenvalue weighted by Crippen LogP contribution is -2.28. The Hall–Kier alpha value is -1.45. The summed E-state index contributed by atoms with van der Waals surface area (Å²) in [6.07, 6.45) is 4.04. The monoisotopic (exact) mass is 193 g/mol. The number of amides is 1. The highest BCUT2D eigenvalue weighted by Gasteiger charge is 2.22. The molecule has 76 valence electrons. The number of carbonyl (C=O) groups excluding carboxylic acids is 1. The summed E-state index contributed by atoms with van der Waals surface area (Å²) < 4.78 is 1.77. The van der Waals surface area contributed by atoms with Crippen LogP contribution in [0.3, 0.4) is 0 Å². The molecule has 1 aromatic heterocycles. The molecule has 14 heavy (non-hydrogen) atoms. The van der Waals surface area contributed by atoms with Crippen molar-refractivity contribution < 1.29 is 4.79 Å². The van der Waals surface area contributed by atoms with Gasteiger partial charge in [0.1, 0.15) is 5.82 Å². The first-order valence-electron chi connectivity index (χ1n) is 4.90. The first-order chi connectivity index (χ1) is 6.70. The molecule has 0 aromatic carbocycles. The fourth-order valence-electron chi connectivity index (χ4n) is 1.81. The second-order valence-corrected chi connectivity index (χ2v) is 3.72. The average Bonchev–Trinajstić information content (AvgIpc) is 2.77. The van der Waals surface area contributed by atoms with E-state index >= 15 is 0 Å². The zero-order valence-electron chi connectivity index (χ0n) is 8.36. The summed E-state index contributed by atoms with van der Waals surface area (Å²) in [5, 5.41) is 0. The van der Waals surface area contributed by atoms with Crippen LogP contribution in [0.15, 0.2) is 12.3 Å². The van der Waals surface area contributed by atoms with E-state index in [-0.39, 0.29) is 5.91 Å². The Balaban J connectivity index is 2.22. The summed E-state index contributed by atoms with van der Waals surface area (Å²) in [7, 11) is 1.84. The van der Waals surface area contributed by atoms with Crippen molar-refractivity contribution >= 4 is 11.7 Å². The average molecular weight is 193 g/mol. The van der Waals surface area contributed by atoms with Crippen LogP contribution in [0.2, 0.25) is 0 Å². The van der Waals surface area contributed by atoms with E-state index in [1.165, 1.54) is 0 Å². The minimum atomic E-state index is 0.0700. The normalized spacial score (nSPS) is 16.2. The molecule has 1 aliphatic heterocycles. The molecule has 0 spiro atoms. The predicted octanol–water partition coefficient (Wildman–Crippen LogP) is 0.843. The van der Waals surface area contributed by atoms with E-state index in [0.29, 0.717) is 11.4 Å². The number of anilines is 1. The number of hydrogen-bond donors (Lipinski definition) is 1. The number of hydrogen-bond acceptors (Lipinski definition) is 2. The van der Waals surface area contributed by atoms with Crippen molar-refractivity contribution in [3.05, 3.63) is 17.8 Å². The van der Waals surface area contributed by atoms with Crippen LogP contribution in [0.25, 0.3) is 0 Å². The maximum atomic E-state index is 11.9. The van der Waals surface area contributed by atoms with Gasteiger partial charge in [0.15, 0.2) is 0 Å². The third-order valence-corrected chi connectivity index (χ3v) is 2.74. The molecule has 0 aliphatic carbocycles. The van der Waals surface area contributed by atoms with Gasteiger partial charge in [0, 0.05) is 26.3 Å². The SMILES string of the molecule is Cn1ccc(C(=O)N2CCCC2)c1N. The molecule has 4 heteroatoms. The molecule has 1 aromatic rings. The van der Waals surface area contributed by atoms with Crippen molar-refractivity contribution in [1.82, 2.24) is 9.47 Å². The summed E-state index contributed by atoms with van der Waals surface area (Å²) in [6.45, 7) is 1.74. The summed E-state index contributed by atoms with van der Waals surface area (Å²) in [4.78, 5) is 13.8. The Kier molecular flexibility index (Phi) is 2.19. The van der Waals surface area contributed by atoms with Crippen LogP contribution in [-0.2, 0) is 7.05 Å². The molecule has 0 unspecified atom stereocenters. The largest absolute Gasteiger partial charge is 0.384 e. The first kappa shape index (κ1) is 9.12. The van der Waals surface area contributed by atoms with Gasteiger partial charge in [-0.3, -0.25) is 4.79 Å². The zero-order chi connectivity index (χ0) is 10.1. The van der Waals surface area contributed by atoms with Crippen molar-refractivity contribution in [2.75, 3.05) is 18.8 Å².